The molecule has 0 heterocycles. The molecule has 33 heavy (non-hydrogen) atoms. The summed E-state index contributed by atoms with van der Waals surface area (Å²) in [6, 6.07) is 19.5. The molecule has 174 valence electrons. The van der Waals surface area contributed by atoms with E-state index >= 15 is 0 Å². The molecule has 0 atom stereocenters. The summed E-state index contributed by atoms with van der Waals surface area (Å²) in [6.45, 7) is 7.99. The molecule has 0 fully saturated rings. The number of aryl methyl sites for hydroxylation is 4. The quantitative estimate of drug-likeness (QED) is 0.477. The number of hydrogen-bond donors (Lipinski definition) is 1. The SMILES string of the molecule is Cc1cc(C)cc(N(CC(=O)NCCOc2ccc(C)cc2C)S(=O)(=O)c2ccccc2)c1. The van der Waals surface area contributed by atoms with Gasteiger partial charge in [0.05, 0.1) is 17.1 Å². The van der Waals surface area contributed by atoms with Crippen molar-refractivity contribution in [3.8, 4) is 5.75 Å². The average molecular weight is 467 g/mol. The van der Waals surface area contributed by atoms with E-state index in [2.05, 4.69) is 5.32 Å². The highest BCUT2D eigenvalue weighted by Crippen LogP contribution is 2.25. The topological polar surface area (TPSA) is 75.7 Å². The van der Waals surface area contributed by atoms with E-state index in [-0.39, 0.29) is 24.6 Å². The molecule has 1 amide bonds. The van der Waals surface area contributed by atoms with Crippen molar-refractivity contribution >= 4 is 21.6 Å². The fraction of sp³-hybridized carbons (Fsp3) is 0.269. The van der Waals surface area contributed by atoms with E-state index in [1.165, 1.54) is 12.1 Å². The van der Waals surface area contributed by atoms with Gasteiger partial charge in [0.25, 0.3) is 10.0 Å². The minimum absolute atomic E-state index is 0.134. The van der Waals surface area contributed by atoms with Crippen molar-refractivity contribution < 1.29 is 17.9 Å². The first-order valence-corrected chi connectivity index (χ1v) is 12.2. The standard InChI is InChI=1S/C26H30N2O4S/c1-19-10-11-25(22(4)15-19)32-13-12-27-26(29)18-28(23-16-20(2)14-21(3)17-23)33(30,31)24-8-6-5-7-9-24/h5-11,14-17H,12-13,18H2,1-4H3,(H,27,29). The van der Waals surface area contributed by atoms with Gasteiger partial charge in [0.2, 0.25) is 5.91 Å². The largest absolute Gasteiger partial charge is 0.491 e. The van der Waals surface area contributed by atoms with Crippen LogP contribution in [-0.2, 0) is 14.8 Å². The fourth-order valence-corrected chi connectivity index (χ4v) is 5.05. The fourth-order valence-electron chi connectivity index (χ4n) is 3.63. The number of ether oxygens (including phenoxy) is 1. The normalized spacial score (nSPS) is 11.2. The van der Waals surface area contributed by atoms with Gasteiger partial charge in [-0.15, -0.1) is 0 Å². The number of nitrogens with one attached hydrogen (secondary N) is 1. The van der Waals surface area contributed by atoms with Crippen LogP contribution in [0.15, 0.2) is 71.6 Å². The predicted octanol–water partition coefficient (Wildman–Crippen LogP) is 4.31. The lowest BCUT2D eigenvalue weighted by Crippen LogP contribution is -2.42. The van der Waals surface area contributed by atoms with Crippen LogP contribution in [0.1, 0.15) is 22.3 Å². The number of anilines is 1. The molecule has 0 radical (unpaired) electrons. The highest BCUT2D eigenvalue weighted by Gasteiger charge is 2.27. The molecule has 0 aromatic heterocycles. The van der Waals surface area contributed by atoms with Crippen LogP contribution in [0.4, 0.5) is 5.69 Å². The van der Waals surface area contributed by atoms with E-state index in [9.17, 15) is 13.2 Å². The Kier molecular flexibility index (Phi) is 7.76. The molecule has 6 nitrogen and oxygen atoms in total. The maximum absolute atomic E-state index is 13.4. The van der Waals surface area contributed by atoms with E-state index in [0.717, 1.165) is 32.3 Å². The summed E-state index contributed by atoms with van der Waals surface area (Å²) in [4.78, 5) is 12.9. The van der Waals surface area contributed by atoms with Gasteiger partial charge in [-0.2, -0.15) is 0 Å². The number of benzene rings is 3. The van der Waals surface area contributed by atoms with E-state index in [1.54, 1.807) is 30.3 Å². The number of hydrogen-bond acceptors (Lipinski definition) is 4. The van der Waals surface area contributed by atoms with Crippen molar-refractivity contribution in [1.29, 1.82) is 0 Å². The summed E-state index contributed by atoms with van der Waals surface area (Å²) in [5, 5.41) is 2.77. The van der Waals surface area contributed by atoms with Gasteiger partial charge < -0.3 is 10.1 Å². The van der Waals surface area contributed by atoms with Gasteiger partial charge in [0, 0.05) is 0 Å². The third-order valence-corrected chi connectivity index (χ3v) is 6.91. The monoisotopic (exact) mass is 466 g/mol. The minimum atomic E-state index is -3.92. The molecule has 1 N–H and O–H groups in total. The molecule has 3 rings (SSSR count). The Morgan fingerprint density at radius 1 is 0.879 bits per heavy atom. The Bertz CT molecular complexity index is 1200. The summed E-state index contributed by atoms with van der Waals surface area (Å²) in [7, 11) is -3.92. The third kappa shape index (κ3) is 6.35. The minimum Gasteiger partial charge on any atom is -0.491 e. The molecule has 0 spiro atoms. The Labute approximate surface area is 196 Å². The van der Waals surface area contributed by atoms with Crippen molar-refractivity contribution in [3.63, 3.8) is 0 Å². The van der Waals surface area contributed by atoms with Gasteiger partial charge in [-0.05, 0) is 74.7 Å². The molecular formula is C26H30N2O4S. The van der Waals surface area contributed by atoms with Gasteiger partial charge in [0.1, 0.15) is 18.9 Å². The second-order valence-corrected chi connectivity index (χ2v) is 10.0. The zero-order valence-corrected chi connectivity index (χ0v) is 20.3. The highest BCUT2D eigenvalue weighted by atomic mass is 32.2. The number of carbonyl (C=O) groups is 1. The highest BCUT2D eigenvalue weighted by molar-refractivity contribution is 7.92. The number of amides is 1. The molecule has 3 aromatic carbocycles. The van der Waals surface area contributed by atoms with Gasteiger partial charge in [0.15, 0.2) is 0 Å². The summed E-state index contributed by atoms with van der Waals surface area (Å²) in [5.41, 5.74) is 4.47. The molecule has 0 aliphatic carbocycles. The van der Waals surface area contributed by atoms with Crippen LogP contribution >= 0.6 is 0 Å². The average Bonchev–Trinajstić information content (AvgIpc) is 2.76. The lowest BCUT2D eigenvalue weighted by molar-refractivity contribution is -0.119. The zero-order valence-electron chi connectivity index (χ0n) is 19.5. The van der Waals surface area contributed by atoms with Crippen LogP contribution in [0.3, 0.4) is 0 Å². The number of nitrogens with zero attached hydrogens (tertiary/aromatic N) is 1. The molecular weight excluding hydrogens is 436 g/mol. The first-order chi connectivity index (χ1) is 15.7. The Balaban J connectivity index is 1.72. The molecule has 0 saturated carbocycles. The molecule has 3 aromatic rings. The van der Waals surface area contributed by atoms with Crippen LogP contribution in [0.25, 0.3) is 0 Å². The number of carbonyl (C=O) groups excluding carboxylic acids is 1. The van der Waals surface area contributed by atoms with Crippen LogP contribution in [-0.4, -0.2) is 34.0 Å². The molecule has 0 saturated heterocycles. The lowest BCUT2D eigenvalue weighted by atomic mass is 10.1. The number of sulfonamides is 1. The van der Waals surface area contributed by atoms with Crippen molar-refractivity contribution in [2.75, 3.05) is 24.0 Å². The second kappa shape index (κ2) is 10.5. The zero-order chi connectivity index (χ0) is 24.0. The summed E-state index contributed by atoms with van der Waals surface area (Å²) < 4.78 is 33.7. The van der Waals surface area contributed by atoms with Crippen LogP contribution in [0, 0.1) is 27.7 Å². The summed E-state index contributed by atoms with van der Waals surface area (Å²) >= 11 is 0. The maximum Gasteiger partial charge on any atom is 0.264 e. The Hall–Kier alpha value is -3.32. The number of rotatable bonds is 9. The Morgan fingerprint density at radius 2 is 1.55 bits per heavy atom. The third-order valence-electron chi connectivity index (χ3n) is 5.13. The van der Waals surface area contributed by atoms with E-state index in [4.69, 9.17) is 4.74 Å². The molecule has 0 aliphatic rings. The first-order valence-electron chi connectivity index (χ1n) is 10.8. The maximum atomic E-state index is 13.4. The molecule has 0 bridgehead atoms. The lowest BCUT2D eigenvalue weighted by Gasteiger charge is -2.25. The Morgan fingerprint density at radius 3 is 2.18 bits per heavy atom. The predicted molar refractivity (Wildman–Crippen MR) is 131 cm³/mol. The van der Waals surface area contributed by atoms with Gasteiger partial charge in [-0.3, -0.25) is 9.10 Å². The van der Waals surface area contributed by atoms with Crippen LogP contribution in [0.2, 0.25) is 0 Å². The summed E-state index contributed by atoms with van der Waals surface area (Å²) in [6.07, 6.45) is 0. The van der Waals surface area contributed by atoms with Crippen molar-refractivity contribution in [2.45, 2.75) is 32.6 Å². The van der Waals surface area contributed by atoms with Crippen molar-refractivity contribution in [3.05, 3.63) is 89.0 Å². The molecule has 0 unspecified atom stereocenters. The van der Waals surface area contributed by atoms with E-state index in [0.29, 0.717) is 5.69 Å². The van der Waals surface area contributed by atoms with Gasteiger partial charge in [-0.25, -0.2) is 8.42 Å². The smallest absolute Gasteiger partial charge is 0.264 e. The molecule has 0 aliphatic heterocycles. The van der Waals surface area contributed by atoms with Crippen LogP contribution < -0.4 is 14.4 Å². The second-order valence-electron chi connectivity index (χ2n) is 8.14. The van der Waals surface area contributed by atoms with E-state index in [1.807, 2.05) is 52.0 Å². The molecule has 7 heteroatoms. The van der Waals surface area contributed by atoms with Gasteiger partial charge >= 0.3 is 0 Å². The van der Waals surface area contributed by atoms with Crippen molar-refractivity contribution in [1.82, 2.24) is 5.32 Å². The summed E-state index contributed by atoms with van der Waals surface area (Å²) in [5.74, 6) is 0.358. The van der Waals surface area contributed by atoms with E-state index < -0.39 is 15.9 Å². The van der Waals surface area contributed by atoms with Crippen molar-refractivity contribution in [2.24, 2.45) is 0 Å². The first kappa shape index (κ1) is 24.3. The van der Waals surface area contributed by atoms with Crippen LogP contribution in [0.5, 0.6) is 5.75 Å². The van der Waals surface area contributed by atoms with Gasteiger partial charge in [-0.1, -0.05) is 42.0 Å².